The van der Waals surface area contributed by atoms with E-state index in [-0.39, 0.29) is 35.3 Å². The molecule has 1 fully saturated rings. The van der Waals surface area contributed by atoms with E-state index in [9.17, 15) is 4.39 Å². The molecule has 0 amide bonds. The number of oxime groups is 1. The molecule has 8 heteroatoms. The average Bonchev–Trinajstić information content (AvgIpc) is 3.04. The maximum atomic E-state index is 13.3. The Labute approximate surface area is 133 Å². The quantitative estimate of drug-likeness (QED) is 0.213. The van der Waals surface area contributed by atoms with Gasteiger partial charge in [-0.3, -0.25) is 10.8 Å². The van der Waals surface area contributed by atoms with Crippen molar-refractivity contribution in [1.29, 1.82) is 10.8 Å². The summed E-state index contributed by atoms with van der Waals surface area (Å²) in [7, 11) is 0. The molecule has 2 atom stereocenters. The van der Waals surface area contributed by atoms with Gasteiger partial charge in [-0.05, 0) is 42.6 Å². The normalized spacial score (nSPS) is 22.9. The predicted molar refractivity (Wildman–Crippen MR) is 85.1 cm³/mol. The minimum Gasteiger partial charge on any atom is -0.409 e. The molecule has 1 aliphatic carbocycles. The van der Waals surface area contributed by atoms with Crippen LogP contribution in [0.5, 0.6) is 0 Å². The standard InChI is InChI=1S/C15H19FN6O/c16-9-2-1-8-5-12(11(8)6-9)21-14(18)13(17)15(22-23)20-10-3-4-19-7-10/h1-2,6,10,12,17,19,23H,3-5,7H2,(H2,18,21)(H,20,22)/t10?,12-/m0/s1. The van der Waals surface area contributed by atoms with E-state index in [0.717, 1.165) is 30.6 Å². The van der Waals surface area contributed by atoms with Gasteiger partial charge in [0.05, 0.1) is 6.04 Å². The van der Waals surface area contributed by atoms with E-state index in [1.165, 1.54) is 12.1 Å². The molecule has 0 bridgehead atoms. The second kappa shape index (κ2) is 6.33. The number of nitrogens with zero attached hydrogens (tertiary/aromatic N) is 1. The molecule has 0 saturated carbocycles. The summed E-state index contributed by atoms with van der Waals surface area (Å²) in [6.07, 6.45) is 1.54. The summed E-state index contributed by atoms with van der Waals surface area (Å²) in [5.74, 6) is -0.504. The zero-order valence-electron chi connectivity index (χ0n) is 12.5. The minimum absolute atomic E-state index is 0.0324. The van der Waals surface area contributed by atoms with E-state index in [1.54, 1.807) is 6.07 Å². The van der Waals surface area contributed by atoms with E-state index in [0.29, 0.717) is 6.42 Å². The Balaban J connectivity index is 1.60. The first-order valence-corrected chi connectivity index (χ1v) is 7.50. The van der Waals surface area contributed by atoms with Gasteiger partial charge < -0.3 is 21.2 Å². The number of rotatable bonds is 4. The van der Waals surface area contributed by atoms with Crippen molar-refractivity contribution in [2.75, 3.05) is 13.1 Å². The maximum absolute atomic E-state index is 13.3. The predicted octanol–water partition coefficient (Wildman–Crippen LogP) is 0.749. The zero-order chi connectivity index (χ0) is 16.4. The zero-order valence-corrected chi connectivity index (χ0v) is 12.5. The van der Waals surface area contributed by atoms with Crippen LogP contribution in [0, 0.1) is 16.6 Å². The lowest BCUT2D eigenvalue weighted by Crippen LogP contribution is -2.47. The Bertz CT molecular complexity index is 668. The average molecular weight is 318 g/mol. The monoisotopic (exact) mass is 318 g/mol. The highest BCUT2D eigenvalue weighted by atomic mass is 19.1. The number of amidine groups is 2. The number of hydrogen-bond acceptors (Lipinski definition) is 5. The topological polar surface area (TPSA) is 116 Å². The molecule has 1 aromatic carbocycles. The number of benzene rings is 1. The molecule has 2 aliphatic rings. The van der Waals surface area contributed by atoms with Crippen LogP contribution in [0.25, 0.3) is 0 Å². The Kier molecular flexibility index (Phi) is 4.24. The summed E-state index contributed by atoms with van der Waals surface area (Å²) in [5, 5.41) is 37.2. The van der Waals surface area contributed by atoms with Crippen molar-refractivity contribution in [3.63, 3.8) is 0 Å². The SMILES string of the molecule is N=C(N[C@H]1Cc2ccc(F)cc21)C(=N)/C(=N\O)NC1CCNC1. The van der Waals surface area contributed by atoms with Gasteiger partial charge in [0.1, 0.15) is 17.4 Å². The van der Waals surface area contributed by atoms with E-state index in [1.807, 2.05) is 0 Å². The minimum atomic E-state index is -0.315. The lowest BCUT2D eigenvalue weighted by Gasteiger charge is -2.31. The van der Waals surface area contributed by atoms with Crippen molar-refractivity contribution in [3.8, 4) is 0 Å². The second-order valence-electron chi connectivity index (χ2n) is 5.78. The third-order valence-electron chi connectivity index (χ3n) is 4.21. The Morgan fingerprint density at radius 2 is 2.17 bits per heavy atom. The molecule has 0 radical (unpaired) electrons. The molecule has 1 aliphatic heterocycles. The van der Waals surface area contributed by atoms with Crippen molar-refractivity contribution in [2.45, 2.75) is 24.9 Å². The van der Waals surface area contributed by atoms with Gasteiger partial charge in [0, 0.05) is 12.6 Å². The molecule has 0 aromatic heterocycles. The van der Waals surface area contributed by atoms with E-state index in [2.05, 4.69) is 21.1 Å². The van der Waals surface area contributed by atoms with Gasteiger partial charge in [0.2, 0.25) is 0 Å². The van der Waals surface area contributed by atoms with Crippen molar-refractivity contribution >= 4 is 17.4 Å². The highest BCUT2D eigenvalue weighted by molar-refractivity contribution is 6.66. The van der Waals surface area contributed by atoms with Gasteiger partial charge >= 0.3 is 0 Å². The molecule has 7 nitrogen and oxygen atoms in total. The molecule has 6 N–H and O–H groups in total. The fraction of sp³-hybridized carbons (Fsp3) is 0.400. The van der Waals surface area contributed by atoms with Crippen molar-refractivity contribution < 1.29 is 9.60 Å². The van der Waals surface area contributed by atoms with Gasteiger partial charge in [-0.2, -0.15) is 0 Å². The van der Waals surface area contributed by atoms with Crippen LogP contribution in [-0.4, -0.2) is 41.7 Å². The van der Waals surface area contributed by atoms with Crippen LogP contribution in [0.2, 0.25) is 0 Å². The lowest BCUT2D eigenvalue weighted by molar-refractivity contribution is 0.317. The largest absolute Gasteiger partial charge is 0.409 e. The number of nitrogens with one attached hydrogen (secondary N) is 5. The van der Waals surface area contributed by atoms with Gasteiger partial charge in [-0.15, -0.1) is 0 Å². The lowest BCUT2D eigenvalue weighted by atomic mass is 9.83. The molecular weight excluding hydrogens is 299 g/mol. The summed E-state index contributed by atoms with van der Waals surface area (Å²) >= 11 is 0. The Morgan fingerprint density at radius 3 is 2.87 bits per heavy atom. The van der Waals surface area contributed by atoms with Crippen LogP contribution >= 0.6 is 0 Å². The third-order valence-corrected chi connectivity index (χ3v) is 4.21. The number of hydrogen-bond donors (Lipinski definition) is 6. The molecular formula is C15H19FN6O. The molecule has 23 heavy (non-hydrogen) atoms. The van der Waals surface area contributed by atoms with E-state index >= 15 is 0 Å². The smallest absolute Gasteiger partial charge is 0.194 e. The molecule has 1 unspecified atom stereocenters. The molecule has 122 valence electrons. The van der Waals surface area contributed by atoms with Crippen LogP contribution in [0.15, 0.2) is 23.4 Å². The number of fused-ring (bicyclic) bond motifs is 1. The fourth-order valence-electron chi connectivity index (χ4n) is 2.89. The highest BCUT2D eigenvalue weighted by Crippen LogP contribution is 2.33. The van der Waals surface area contributed by atoms with E-state index < -0.39 is 0 Å². The van der Waals surface area contributed by atoms with Gasteiger partial charge in [-0.25, -0.2) is 4.39 Å². The molecule has 0 spiro atoms. The van der Waals surface area contributed by atoms with Crippen molar-refractivity contribution in [3.05, 3.63) is 35.1 Å². The van der Waals surface area contributed by atoms with Crippen LogP contribution in [0.4, 0.5) is 4.39 Å². The van der Waals surface area contributed by atoms with E-state index in [4.69, 9.17) is 16.0 Å². The first-order valence-electron chi connectivity index (χ1n) is 7.50. The highest BCUT2D eigenvalue weighted by Gasteiger charge is 2.29. The number of halogens is 1. The summed E-state index contributed by atoms with van der Waals surface area (Å²) in [5.41, 5.74) is 1.62. The summed E-state index contributed by atoms with van der Waals surface area (Å²) in [6, 6.07) is 4.47. The van der Waals surface area contributed by atoms with Crippen LogP contribution in [0.3, 0.4) is 0 Å². The first kappa shape index (κ1) is 15.4. The third kappa shape index (κ3) is 3.16. The molecule has 1 aromatic rings. The molecule has 1 saturated heterocycles. The van der Waals surface area contributed by atoms with Crippen LogP contribution in [0.1, 0.15) is 23.6 Å². The van der Waals surface area contributed by atoms with Gasteiger partial charge in [0.25, 0.3) is 0 Å². The second-order valence-corrected chi connectivity index (χ2v) is 5.78. The van der Waals surface area contributed by atoms with Crippen LogP contribution in [-0.2, 0) is 6.42 Å². The summed E-state index contributed by atoms with van der Waals surface area (Å²) < 4.78 is 13.3. The maximum Gasteiger partial charge on any atom is 0.194 e. The molecule has 3 rings (SSSR count). The summed E-state index contributed by atoms with van der Waals surface area (Å²) in [4.78, 5) is 0. The Hall–Kier alpha value is -2.48. The van der Waals surface area contributed by atoms with Crippen LogP contribution < -0.4 is 16.0 Å². The Morgan fingerprint density at radius 1 is 1.35 bits per heavy atom. The summed E-state index contributed by atoms with van der Waals surface area (Å²) in [6.45, 7) is 1.59. The first-order chi connectivity index (χ1) is 11.1. The van der Waals surface area contributed by atoms with Gasteiger partial charge in [-0.1, -0.05) is 11.2 Å². The fourth-order valence-corrected chi connectivity index (χ4v) is 2.89. The van der Waals surface area contributed by atoms with Crippen molar-refractivity contribution in [2.24, 2.45) is 5.16 Å². The van der Waals surface area contributed by atoms with Crippen molar-refractivity contribution in [1.82, 2.24) is 16.0 Å². The molecule has 1 heterocycles. The van der Waals surface area contributed by atoms with Gasteiger partial charge in [0.15, 0.2) is 5.84 Å².